The Balaban J connectivity index is 2.45. The number of carbonyl (C=O) groups is 2. The second-order valence-corrected chi connectivity index (χ2v) is 4.47. The van der Waals surface area contributed by atoms with E-state index in [1.165, 1.54) is 6.20 Å². The first-order valence-corrected chi connectivity index (χ1v) is 5.21. The first-order chi connectivity index (χ1) is 7.45. The van der Waals surface area contributed by atoms with Crippen molar-refractivity contribution in [1.29, 1.82) is 0 Å². The van der Waals surface area contributed by atoms with E-state index in [-0.39, 0.29) is 18.6 Å². The zero-order valence-corrected chi connectivity index (χ0v) is 9.41. The number of Topliss-reactive ketones (excluding diaryl/α,β-unsaturated/α-hetero) is 1. The van der Waals surface area contributed by atoms with Gasteiger partial charge in [-0.15, -0.1) is 0 Å². The summed E-state index contributed by atoms with van der Waals surface area (Å²) in [5.74, 6) is -1.01. The summed E-state index contributed by atoms with van der Waals surface area (Å²) in [5, 5.41) is 9.56. The van der Waals surface area contributed by atoms with Gasteiger partial charge in [0.1, 0.15) is 16.4 Å². The SMILES string of the molecule is Cc1cc(C2(C(=O)O)CC(=O)C2)cnc1Cl. The van der Waals surface area contributed by atoms with E-state index in [9.17, 15) is 14.7 Å². The quantitative estimate of drug-likeness (QED) is 0.798. The topological polar surface area (TPSA) is 67.3 Å². The molecule has 1 fully saturated rings. The number of aliphatic carboxylic acids is 1. The third kappa shape index (κ3) is 1.50. The highest BCUT2D eigenvalue weighted by Gasteiger charge is 2.51. The van der Waals surface area contributed by atoms with Crippen LogP contribution in [0.3, 0.4) is 0 Å². The van der Waals surface area contributed by atoms with Crippen LogP contribution in [-0.4, -0.2) is 21.8 Å². The molecule has 0 aliphatic heterocycles. The predicted octanol–water partition coefficient (Wildman–Crippen LogP) is 1.73. The number of rotatable bonds is 2. The molecule has 1 saturated carbocycles. The average Bonchev–Trinajstić information content (AvgIpc) is 2.17. The zero-order chi connectivity index (χ0) is 11.9. The number of hydrogen-bond donors (Lipinski definition) is 1. The molecule has 0 saturated heterocycles. The first-order valence-electron chi connectivity index (χ1n) is 4.83. The van der Waals surface area contributed by atoms with Gasteiger partial charge in [-0.3, -0.25) is 9.59 Å². The van der Waals surface area contributed by atoms with Gasteiger partial charge >= 0.3 is 5.97 Å². The van der Waals surface area contributed by atoms with E-state index < -0.39 is 11.4 Å². The van der Waals surface area contributed by atoms with Crippen molar-refractivity contribution in [2.24, 2.45) is 0 Å². The Morgan fingerprint density at radius 1 is 1.56 bits per heavy atom. The highest BCUT2D eigenvalue weighted by atomic mass is 35.5. The normalized spacial score (nSPS) is 18.0. The summed E-state index contributed by atoms with van der Waals surface area (Å²) in [5.41, 5.74) is 0.194. The van der Waals surface area contributed by atoms with Crippen molar-refractivity contribution in [2.45, 2.75) is 25.2 Å². The minimum absolute atomic E-state index is 0.0324. The zero-order valence-electron chi connectivity index (χ0n) is 8.66. The third-order valence-electron chi connectivity index (χ3n) is 2.97. The van der Waals surface area contributed by atoms with E-state index >= 15 is 0 Å². The van der Waals surface area contributed by atoms with Gasteiger partial charge in [0.05, 0.1) is 0 Å². The average molecular weight is 240 g/mol. The van der Waals surface area contributed by atoms with Crippen molar-refractivity contribution in [3.05, 3.63) is 28.5 Å². The number of halogens is 1. The van der Waals surface area contributed by atoms with Crippen LogP contribution < -0.4 is 0 Å². The van der Waals surface area contributed by atoms with Gasteiger partial charge in [0, 0.05) is 19.0 Å². The van der Waals surface area contributed by atoms with E-state index in [4.69, 9.17) is 11.6 Å². The van der Waals surface area contributed by atoms with Crippen LogP contribution in [0.1, 0.15) is 24.0 Å². The van der Waals surface area contributed by atoms with Crippen molar-refractivity contribution in [1.82, 2.24) is 4.98 Å². The molecule has 0 bridgehead atoms. The number of aryl methyl sites for hydroxylation is 1. The van der Waals surface area contributed by atoms with Crippen LogP contribution in [0.25, 0.3) is 0 Å². The first kappa shape index (κ1) is 11.1. The Labute approximate surface area is 97.3 Å². The summed E-state index contributed by atoms with van der Waals surface area (Å²) in [6.45, 7) is 1.76. The second kappa shape index (κ2) is 3.56. The lowest BCUT2D eigenvalue weighted by Gasteiger charge is -2.36. The largest absolute Gasteiger partial charge is 0.481 e. The number of ketones is 1. The van der Waals surface area contributed by atoms with Gasteiger partial charge in [0.2, 0.25) is 0 Å². The van der Waals surface area contributed by atoms with E-state index in [0.29, 0.717) is 10.7 Å². The van der Waals surface area contributed by atoms with Crippen LogP contribution in [-0.2, 0) is 15.0 Å². The predicted molar refractivity (Wildman–Crippen MR) is 57.5 cm³/mol. The molecule has 84 valence electrons. The minimum atomic E-state index is -1.08. The van der Waals surface area contributed by atoms with Gasteiger partial charge in [-0.05, 0) is 18.1 Å². The molecule has 4 nitrogen and oxygen atoms in total. The van der Waals surface area contributed by atoms with Crippen molar-refractivity contribution in [3.8, 4) is 0 Å². The molecule has 2 rings (SSSR count). The van der Waals surface area contributed by atoms with Gasteiger partial charge in [-0.1, -0.05) is 17.7 Å². The molecule has 0 spiro atoms. The number of nitrogens with zero attached hydrogens (tertiary/aromatic N) is 1. The second-order valence-electron chi connectivity index (χ2n) is 4.11. The molecular weight excluding hydrogens is 230 g/mol. The summed E-state index contributed by atoms with van der Waals surface area (Å²) < 4.78 is 0. The van der Waals surface area contributed by atoms with Crippen LogP contribution in [0, 0.1) is 6.92 Å². The molecule has 0 aromatic carbocycles. The van der Waals surface area contributed by atoms with Crippen LogP contribution in [0.5, 0.6) is 0 Å². The van der Waals surface area contributed by atoms with Crippen LogP contribution in [0.2, 0.25) is 5.15 Å². The maximum atomic E-state index is 11.2. The summed E-state index contributed by atoms with van der Waals surface area (Å²) >= 11 is 5.77. The maximum Gasteiger partial charge on any atom is 0.315 e. The Bertz CT molecular complexity index is 476. The van der Waals surface area contributed by atoms with E-state index in [2.05, 4.69) is 4.98 Å². The smallest absolute Gasteiger partial charge is 0.315 e. The third-order valence-corrected chi connectivity index (χ3v) is 3.37. The van der Waals surface area contributed by atoms with Crippen LogP contribution >= 0.6 is 11.6 Å². The number of aromatic nitrogens is 1. The molecule has 5 heteroatoms. The number of carboxylic acids is 1. The molecule has 1 aromatic heterocycles. The van der Waals surface area contributed by atoms with Gasteiger partial charge in [0.15, 0.2) is 0 Å². The molecule has 1 N–H and O–H groups in total. The molecular formula is C11H10ClNO3. The number of pyridine rings is 1. The lowest BCUT2D eigenvalue weighted by molar-refractivity contribution is -0.153. The fourth-order valence-corrected chi connectivity index (χ4v) is 2.02. The Morgan fingerprint density at radius 3 is 2.62 bits per heavy atom. The Hall–Kier alpha value is -1.42. The molecule has 0 atom stereocenters. The van der Waals surface area contributed by atoms with Gasteiger partial charge in [-0.25, -0.2) is 4.98 Å². The molecule has 0 unspecified atom stereocenters. The van der Waals surface area contributed by atoms with E-state index in [0.717, 1.165) is 5.56 Å². The lowest BCUT2D eigenvalue weighted by Crippen LogP contribution is -2.48. The Kier molecular flexibility index (Phi) is 2.46. The van der Waals surface area contributed by atoms with E-state index in [1.807, 2.05) is 0 Å². The highest BCUT2D eigenvalue weighted by molar-refractivity contribution is 6.30. The van der Waals surface area contributed by atoms with Gasteiger partial charge < -0.3 is 5.11 Å². The van der Waals surface area contributed by atoms with Gasteiger partial charge in [0.25, 0.3) is 0 Å². The number of carbonyl (C=O) groups excluding carboxylic acids is 1. The maximum absolute atomic E-state index is 11.2. The van der Waals surface area contributed by atoms with Crippen molar-refractivity contribution >= 4 is 23.4 Å². The molecule has 0 radical (unpaired) electrons. The van der Waals surface area contributed by atoms with Crippen LogP contribution in [0.4, 0.5) is 0 Å². The fraction of sp³-hybridized carbons (Fsp3) is 0.364. The minimum Gasteiger partial charge on any atom is -0.481 e. The summed E-state index contributed by atoms with van der Waals surface area (Å²) in [6.07, 6.45) is 1.53. The highest BCUT2D eigenvalue weighted by Crippen LogP contribution is 2.41. The lowest BCUT2D eigenvalue weighted by atomic mass is 9.64. The molecule has 1 aliphatic rings. The number of hydrogen-bond acceptors (Lipinski definition) is 3. The standard InChI is InChI=1S/C11H10ClNO3/c1-6-2-7(5-13-9(6)12)11(10(15)16)3-8(14)4-11/h2,5H,3-4H2,1H3,(H,15,16). The Morgan fingerprint density at radius 2 is 2.19 bits per heavy atom. The molecule has 1 heterocycles. The van der Waals surface area contributed by atoms with E-state index in [1.54, 1.807) is 13.0 Å². The monoisotopic (exact) mass is 239 g/mol. The van der Waals surface area contributed by atoms with Crippen LogP contribution in [0.15, 0.2) is 12.3 Å². The van der Waals surface area contributed by atoms with Crippen molar-refractivity contribution < 1.29 is 14.7 Å². The summed E-state index contributed by atoms with van der Waals surface area (Å²) in [6, 6.07) is 1.69. The van der Waals surface area contributed by atoms with Crippen molar-refractivity contribution in [2.75, 3.05) is 0 Å². The fourth-order valence-electron chi connectivity index (χ4n) is 1.92. The molecule has 16 heavy (non-hydrogen) atoms. The number of carboxylic acid groups (broad SMARTS) is 1. The summed E-state index contributed by atoms with van der Waals surface area (Å²) in [4.78, 5) is 26.2. The molecule has 0 amide bonds. The molecule has 1 aliphatic carbocycles. The summed E-state index contributed by atoms with van der Waals surface area (Å²) in [7, 11) is 0. The molecule has 1 aromatic rings. The van der Waals surface area contributed by atoms with Gasteiger partial charge in [-0.2, -0.15) is 0 Å². The van der Waals surface area contributed by atoms with Crippen molar-refractivity contribution in [3.63, 3.8) is 0 Å².